The van der Waals surface area contributed by atoms with Gasteiger partial charge in [-0.05, 0) is 22.6 Å². The summed E-state index contributed by atoms with van der Waals surface area (Å²) in [7, 11) is 0. The monoisotopic (exact) mass is 188 g/mol. The average molecular weight is 188 g/mol. The van der Waals surface area contributed by atoms with Gasteiger partial charge in [0.2, 0.25) is 0 Å². The number of benzene rings is 1. The summed E-state index contributed by atoms with van der Waals surface area (Å²) in [6.45, 7) is 0. The van der Waals surface area contributed by atoms with Gasteiger partial charge >= 0.3 is 6.41 Å². The van der Waals surface area contributed by atoms with E-state index in [0.29, 0.717) is 5.69 Å². The molecule has 69 valence electrons. The van der Waals surface area contributed by atoms with E-state index < -0.39 is 0 Å². The van der Waals surface area contributed by atoms with Gasteiger partial charge in [0.05, 0.1) is 5.69 Å². The minimum absolute atomic E-state index is 0.242. The Balaban J connectivity index is 2.36. The maximum atomic E-state index is 10.7. The lowest BCUT2D eigenvalue weighted by atomic mass is 10.3. The Morgan fingerprint density at radius 3 is 2.64 bits per heavy atom. The van der Waals surface area contributed by atoms with Crippen molar-refractivity contribution in [1.82, 2.24) is 20.6 Å². The number of rotatable bonds is 3. The predicted octanol–water partition coefficient (Wildman–Crippen LogP) is 0.405. The van der Waals surface area contributed by atoms with Gasteiger partial charge in [-0.3, -0.25) is 4.79 Å². The van der Waals surface area contributed by atoms with Crippen molar-refractivity contribution >= 4 is 18.0 Å². The van der Waals surface area contributed by atoms with Gasteiger partial charge in [-0.2, -0.15) is 0 Å². The number of nitrogens with one attached hydrogen (secondary N) is 1. The van der Waals surface area contributed by atoms with Crippen LogP contribution < -0.4 is 4.90 Å². The molecule has 0 aliphatic carbocycles. The smallest absolute Gasteiger partial charge is 0.262 e. The first-order chi connectivity index (χ1) is 6.92. The molecule has 0 fully saturated rings. The van der Waals surface area contributed by atoms with Crippen molar-refractivity contribution < 1.29 is 4.79 Å². The molecule has 1 heterocycles. The molecule has 0 aliphatic heterocycles. The van der Waals surface area contributed by atoms with Crippen molar-refractivity contribution in [3.8, 4) is 0 Å². The highest BCUT2D eigenvalue weighted by molar-refractivity contribution is 5.83. The first kappa shape index (κ1) is 8.36. The van der Waals surface area contributed by atoms with Crippen LogP contribution in [0.5, 0.6) is 0 Å². The second-order valence-corrected chi connectivity index (χ2v) is 2.49. The third-order valence-corrected chi connectivity index (χ3v) is 1.65. The molecule has 1 aromatic heterocycles. The van der Waals surface area contributed by atoms with Crippen LogP contribution in [-0.4, -0.2) is 27.0 Å². The van der Waals surface area contributed by atoms with Crippen molar-refractivity contribution in [2.24, 2.45) is 0 Å². The Morgan fingerprint density at radius 2 is 2.07 bits per heavy atom. The van der Waals surface area contributed by atoms with Crippen molar-refractivity contribution in [1.29, 1.82) is 0 Å². The van der Waals surface area contributed by atoms with Crippen LogP contribution in [0.3, 0.4) is 0 Å². The number of aromatic nitrogens is 4. The molecule has 6 heteroatoms. The summed E-state index contributed by atoms with van der Waals surface area (Å²) in [6.07, 6.45) is 1.73. The number of nitrogens with zero attached hydrogens (tertiary/aromatic N) is 4. The molecule has 0 spiro atoms. The minimum atomic E-state index is 0.242. The molecule has 0 atom stereocenters. The standard InChI is InChI=1S/C8H6N5O/c14-6-13(8-9-11-12-10-8)7-4-2-1-3-5-7/h1-5H,(H,9,10,11,12). The average Bonchev–Trinajstić information content (AvgIpc) is 2.74. The largest absolute Gasteiger partial charge is 0.324 e. The van der Waals surface area contributed by atoms with E-state index in [-0.39, 0.29) is 5.95 Å². The van der Waals surface area contributed by atoms with Crippen molar-refractivity contribution in [3.63, 3.8) is 0 Å². The van der Waals surface area contributed by atoms with Crippen molar-refractivity contribution in [3.05, 3.63) is 30.3 Å². The number of aromatic amines is 1. The number of tetrazole rings is 1. The van der Waals surface area contributed by atoms with E-state index in [1.54, 1.807) is 18.5 Å². The topological polar surface area (TPSA) is 74.8 Å². The summed E-state index contributed by atoms with van der Waals surface area (Å²) in [6, 6.07) is 8.99. The lowest BCUT2D eigenvalue weighted by Crippen LogP contribution is -2.15. The van der Waals surface area contributed by atoms with E-state index in [1.807, 2.05) is 18.2 Å². The Hall–Kier alpha value is -2.24. The second-order valence-electron chi connectivity index (χ2n) is 2.49. The third kappa shape index (κ3) is 1.45. The van der Waals surface area contributed by atoms with Gasteiger partial charge in [-0.15, -0.1) is 0 Å². The Kier molecular flexibility index (Phi) is 2.18. The van der Waals surface area contributed by atoms with Crippen LogP contribution in [0.25, 0.3) is 0 Å². The molecule has 1 aromatic carbocycles. The Labute approximate surface area is 79.5 Å². The molecule has 0 bridgehead atoms. The van der Waals surface area contributed by atoms with Gasteiger partial charge in [0, 0.05) is 0 Å². The van der Waals surface area contributed by atoms with E-state index in [1.165, 1.54) is 4.90 Å². The normalized spacial score (nSPS) is 9.71. The van der Waals surface area contributed by atoms with E-state index in [9.17, 15) is 4.79 Å². The maximum absolute atomic E-state index is 10.7. The highest BCUT2D eigenvalue weighted by Crippen LogP contribution is 2.17. The fourth-order valence-corrected chi connectivity index (χ4v) is 1.04. The van der Waals surface area contributed by atoms with Gasteiger partial charge in [-0.25, -0.2) is 10.00 Å². The number of H-pyrrole nitrogens is 1. The summed E-state index contributed by atoms with van der Waals surface area (Å²) in [5.74, 6) is 0.242. The number of para-hydroxylation sites is 1. The molecule has 0 saturated carbocycles. The van der Waals surface area contributed by atoms with Gasteiger partial charge in [0.1, 0.15) is 0 Å². The number of amides is 1. The van der Waals surface area contributed by atoms with Crippen LogP contribution in [0.2, 0.25) is 0 Å². The quantitative estimate of drug-likeness (QED) is 0.707. The molecular weight excluding hydrogens is 182 g/mol. The lowest BCUT2D eigenvalue weighted by molar-refractivity contribution is 0.555. The maximum Gasteiger partial charge on any atom is 0.324 e. The second kappa shape index (κ2) is 3.65. The fourth-order valence-electron chi connectivity index (χ4n) is 1.04. The van der Waals surface area contributed by atoms with Crippen molar-refractivity contribution in [2.75, 3.05) is 4.90 Å². The summed E-state index contributed by atoms with van der Waals surface area (Å²) in [4.78, 5) is 11.9. The number of hydrogen-bond acceptors (Lipinski definition) is 4. The Bertz CT molecular complexity index is 399. The zero-order chi connectivity index (χ0) is 9.80. The third-order valence-electron chi connectivity index (χ3n) is 1.65. The van der Waals surface area contributed by atoms with Crippen LogP contribution in [-0.2, 0) is 4.79 Å². The molecule has 0 unspecified atom stereocenters. The summed E-state index contributed by atoms with van der Waals surface area (Å²) in [5.41, 5.74) is 0.654. The highest BCUT2D eigenvalue weighted by Gasteiger charge is 2.11. The summed E-state index contributed by atoms with van der Waals surface area (Å²) < 4.78 is 0. The Morgan fingerprint density at radius 1 is 1.29 bits per heavy atom. The molecule has 6 nitrogen and oxygen atoms in total. The van der Waals surface area contributed by atoms with Crippen molar-refractivity contribution in [2.45, 2.75) is 0 Å². The molecule has 1 radical (unpaired) electrons. The minimum Gasteiger partial charge on any atom is -0.262 e. The van der Waals surface area contributed by atoms with E-state index in [0.717, 1.165) is 0 Å². The van der Waals surface area contributed by atoms with Crippen LogP contribution in [0.15, 0.2) is 30.3 Å². The zero-order valence-corrected chi connectivity index (χ0v) is 7.08. The fraction of sp³-hybridized carbons (Fsp3) is 0. The van der Waals surface area contributed by atoms with E-state index in [4.69, 9.17) is 0 Å². The lowest BCUT2D eigenvalue weighted by Gasteiger charge is -2.10. The SMILES string of the molecule is O=[C]N(c1ccccc1)c1nnn[nH]1. The van der Waals surface area contributed by atoms with Crippen LogP contribution >= 0.6 is 0 Å². The molecule has 2 aromatic rings. The number of hydrogen-bond donors (Lipinski definition) is 1. The van der Waals surface area contributed by atoms with Gasteiger partial charge < -0.3 is 0 Å². The van der Waals surface area contributed by atoms with Crippen LogP contribution in [0.4, 0.5) is 11.6 Å². The van der Waals surface area contributed by atoms with Crippen LogP contribution in [0.1, 0.15) is 0 Å². The molecule has 0 saturated heterocycles. The highest BCUT2D eigenvalue weighted by atomic mass is 16.1. The number of carbonyl (C=O) groups excluding carboxylic acids is 1. The molecule has 0 aliphatic rings. The molecule has 2 rings (SSSR count). The van der Waals surface area contributed by atoms with Gasteiger partial charge in [0.15, 0.2) is 0 Å². The summed E-state index contributed by atoms with van der Waals surface area (Å²) in [5, 5.41) is 12.8. The first-order valence-electron chi connectivity index (χ1n) is 3.88. The summed E-state index contributed by atoms with van der Waals surface area (Å²) >= 11 is 0. The molecule has 1 N–H and O–H groups in total. The van der Waals surface area contributed by atoms with E-state index >= 15 is 0 Å². The van der Waals surface area contributed by atoms with Gasteiger partial charge in [-0.1, -0.05) is 23.3 Å². The van der Waals surface area contributed by atoms with Crippen LogP contribution in [0, 0.1) is 0 Å². The predicted molar refractivity (Wildman–Crippen MR) is 48.5 cm³/mol. The van der Waals surface area contributed by atoms with Gasteiger partial charge in [0.25, 0.3) is 5.95 Å². The molecular formula is C8H6N5O. The first-order valence-corrected chi connectivity index (χ1v) is 3.88. The zero-order valence-electron chi connectivity index (χ0n) is 7.08. The number of anilines is 2. The molecule has 14 heavy (non-hydrogen) atoms. The van der Waals surface area contributed by atoms with E-state index in [2.05, 4.69) is 20.6 Å². The molecule has 1 amide bonds.